The van der Waals surface area contributed by atoms with Crippen molar-refractivity contribution in [2.24, 2.45) is 0 Å². The average Bonchev–Trinajstić information content (AvgIpc) is 2.77. The molecule has 0 spiro atoms. The summed E-state index contributed by atoms with van der Waals surface area (Å²) in [6, 6.07) is 11.2. The zero-order valence-corrected chi connectivity index (χ0v) is 18.2. The molecule has 170 valence electrons. The van der Waals surface area contributed by atoms with Gasteiger partial charge in [0.15, 0.2) is 23.9 Å². The summed E-state index contributed by atoms with van der Waals surface area (Å²) >= 11 is 0. The highest BCUT2D eigenvalue weighted by atomic mass is 16.5. The topological polar surface area (TPSA) is 120 Å². The van der Waals surface area contributed by atoms with E-state index in [4.69, 9.17) is 14.2 Å². The Morgan fingerprint density at radius 1 is 0.906 bits per heavy atom. The molecular weight excluding hydrogens is 416 g/mol. The van der Waals surface area contributed by atoms with Gasteiger partial charge in [0.1, 0.15) is 6.54 Å². The number of benzene rings is 2. The van der Waals surface area contributed by atoms with Crippen LogP contribution in [0.4, 0.5) is 5.69 Å². The van der Waals surface area contributed by atoms with Crippen molar-refractivity contribution in [3.05, 3.63) is 53.6 Å². The summed E-state index contributed by atoms with van der Waals surface area (Å²) < 4.78 is 15.8. The van der Waals surface area contributed by atoms with Crippen molar-refractivity contribution in [3.63, 3.8) is 0 Å². The second-order valence-electron chi connectivity index (χ2n) is 6.52. The number of esters is 1. The smallest absolute Gasteiger partial charge is 0.325 e. The van der Waals surface area contributed by atoms with E-state index in [2.05, 4.69) is 10.6 Å². The highest BCUT2D eigenvalue weighted by Crippen LogP contribution is 2.28. The third kappa shape index (κ3) is 7.12. The van der Waals surface area contributed by atoms with Crippen molar-refractivity contribution in [3.8, 4) is 11.5 Å². The first-order chi connectivity index (χ1) is 15.3. The van der Waals surface area contributed by atoms with E-state index in [1.807, 2.05) is 13.8 Å². The minimum Gasteiger partial charge on any atom is -0.490 e. The lowest BCUT2D eigenvalue weighted by Crippen LogP contribution is -2.32. The predicted octanol–water partition coefficient (Wildman–Crippen LogP) is 2.60. The average molecular weight is 442 g/mol. The lowest BCUT2D eigenvalue weighted by atomic mass is 10.1. The van der Waals surface area contributed by atoms with Crippen molar-refractivity contribution in [1.29, 1.82) is 0 Å². The molecule has 2 rings (SSSR count). The molecule has 0 unspecified atom stereocenters. The van der Waals surface area contributed by atoms with Crippen LogP contribution in [0.15, 0.2) is 42.5 Å². The zero-order valence-electron chi connectivity index (χ0n) is 18.2. The van der Waals surface area contributed by atoms with E-state index >= 15 is 0 Å². The zero-order chi connectivity index (χ0) is 23.5. The van der Waals surface area contributed by atoms with E-state index in [1.165, 1.54) is 13.0 Å². The molecule has 9 nitrogen and oxygen atoms in total. The van der Waals surface area contributed by atoms with Crippen molar-refractivity contribution in [2.75, 3.05) is 31.7 Å². The minimum atomic E-state index is -0.788. The molecule has 0 aliphatic carbocycles. The molecule has 0 atom stereocenters. The summed E-state index contributed by atoms with van der Waals surface area (Å²) in [7, 11) is 0. The quantitative estimate of drug-likeness (QED) is 0.405. The molecule has 0 aliphatic heterocycles. The maximum absolute atomic E-state index is 12.3. The normalized spacial score (nSPS) is 10.1. The molecule has 32 heavy (non-hydrogen) atoms. The third-order valence-electron chi connectivity index (χ3n) is 4.14. The first-order valence-corrected chi connectivity index (χ1v) is 10.1. The molecule has 0 saturated heterocycles. The van der Waals surface area contributed by atoms with Gasteiger partial charge in [0.25, 0.3) is 11.8 Å². The molecule has 2 aromatic carbocycles. The summed E-state index contributed by atoms with van der Waals surface area (Å²) in [6.45, 7) is 4.90. The number of Topliss-reactive ketones (excluding diaryl/α,β-unsaturated/α-hetero) is 1. The SMILES string of the molecule is CCOc1ccc(C(=O)NCC(=O)OCC(=O)Nc2ccccc2C(C)=O)cc1OCC. The lowest BCUT2D eigenvalue weighted by Gasteiger charge is -2.12. The summed E-state index contributed by atoms with van der Waals surface area (Å²) in [4.78, 5) is 47.9. The molecule has 0 saturated carbocycles. The standard InChI is InChI=1S/C23H26N2O7/c1-4-30-19-11-10-16(12-20(19)31-5-2)23(29)24-13-22(28)32-14-21(27)25-18-9-7-6-8-17(18)15(3)26/h6-12H,4-5,13-14H2,1-3H3,(H,24,29)(H,25,27). The van der Waals surface area contributed by atoms with Gasteiger partial charge in [-0.25, -0.2) is 0 Å². The van der Waals surface area contributed by atoms with Crippen LogP contribution in [0.5, 0.6) is 11.5 Å². The van der Waals surface area contributed by atoms with Gasteiger partial charge in [-0.2, -0.15) is 0 Å². The number of amides is 2. The van der Waals surface area contributed by atoms with E-state index in [0.717, 1.165) is 0 Å². The Labute approximate surface area is 186 Å². The fourth-order valence-corrected chi connectivity index (χ4v) is 2.73. The van der Waals surface area contributed by atoms with Crippen molar-refractivity contribution < 1.29 is 33.4 Å². The van der Waals surface area contributed by atoms with E-state index < -0.39 is 30.9 Å². The van der Waals surface area contributed by atoms with Gasteiger partial charge in [-0.3, -0.25) is 19.2 Å². The number of hydrogen-bond donors (Lipinski definition) is 2. The molecule has 9 heteroatoms. The molecule has 2 N–H and O–H groups in total. The maximum Gasteiger partial charge on any atom is 0.325 e. The number of carbonyl (C=O) groups is 4. The maximum atomic E-state index is 12.3. The molecule has 0 bridgehead atoms. The Morgan fingerprint density at radius 3 is 2.28 bits per heavy atom. The summed E-state index contributed by atoms with van der Waals surface area (Å²) in [6.07, 6.45) is 0. The monoisotopic (exact) mass is 442 g/mol. The number of hydrogen-bond acceptors (Lipinski definition) is 7. The van der Waals surface area contributed by atoms with Gasteiger partial charge in [0.05, 0.1) is 18.9 Å². The van der Waals surface area contributed by atoms with Crippen molar-refractivity contribution >= 4 is 29.3 Å². The Balaban J connectivity index is 1.85. The van der Waals surface area contributed by atoms with Crippen LogP contribution in [-0.4, -0.2) is 49.9 Å². The fraction of sp³-hybridized carbons (Fsp3) is 0.304. The minimum absolute atomic E-state index is 0.206. The van der Waals surface area contributed by atoms with Gasteiger partial charge in [-0.05, 0) is 51.1 Å². The number of rotatable bonds is 11. The Hall–Kier alpha value is -3.88. The number of nitrogens with one attached hydrogen (secondary N) is 2. The Bertz CT molecular complexity index is 988. The number of ether oxygens (including phenoxy) is 3. The molecule has 0 aliphatic rings. The molecule has 0 aromatic heterocycles. The highest BCUT2D eigenvalue weighted by Gasteiger charge is 2.15. The third-order valence-corrected chi connectivity index (χ3v) is 4.14. The highest BCUT2D eigenvalue weighted by molar-refractivity contribution is 6.04. The Kier molecular flexibility index (Phi) is 9.22. The number of para-hydroxylation sites is 1. The Morgan fingerprint density at radius 2 is 1.59 bits per heavy atom. The van der Waals surface area contributed by atoms with E-state index in [9.17, 15) is 19.2 Å². The van der Waals surface area contributed by atoms with Gasteiger partial charge in [-0.15, -0.1) is 0 Å². The molecule has 2 aromatic rings. The van der Waals surface area contributed by atoms with Crippen LogP contribution in [0, 0.1) is 0 Å². The second-order valence-corrected chi connectivity index (χ2v) is 6.52. The molecular formula is C23H26N2O7. The second kappa shape index (κ2) is 12.1. The molecule has 2 amide bonds. The van der Waals surface area contributed by atoms with Gasteiger partial charge >= 0.3 is 5.97 Å². The van der Waals surface area contributed by atoms with Crippen LogP contribution < -0.4 is 20.1 Å². The fourth-order valence-electron chi connectivity index (χ4n) is 2.73. The van der Waals surface area contributed by atoms with Gasteiger partial charge in [0.2, 0.25) is 0 Å². The van der Waals surface area contributed by atoms with E-state index in [-0.39, 0.29) is 11.3 Å². The van der Waals surface area contributed by atoms with Crippen LogP contribution in [-0.2, 0) is 14.3 Å². The van der Waals surface area contributed by atoms with Crippen molar-refractivity contribution in [1.82, 2.24) is 5.32 Å². The van der Waals surface area contributed by atoms with Crippen LogP contribution in [0.2, 0.25) is 0 Å². The molecule has 0 radical (unpaired) electrons. The number of ketones is 1. The van der Waals surface area contributed by atoms with Gasteiger partial charge < -0.3 is 24.8 Å². The van der Waals surface area contributed by atoms with Crippen LogP contribution in [0.1, 0.15) is 41.5 Å². The first kappa shape index (κ1) is 24.4. The van der Waals surface area contributed by atoms with Crippen LogP contribution in [0.25, 0.3) is 0 Å². The lowest BCUT2D eigenvalue weighted by molar-refractivity contribution is -0.146. The van der Waals surface area contributed by atoms with Crippen LogP contribution >= 0.6 is 0 Å². The molecule has 0 fully saturated rings. The largest absolute Gasteiger partial charge is 0.490 e. The summed E-state index contributed by atoms with van der Waals surface area (Å²) in [5.74, 6) is -1.17. The number of anilines is 1. The summed E-state index contributed by atoms with van der Waals surface area (Å²) in [5.41, 5.74) is 0.958. The summed E-state index contributed by atoms with van der Waals surface area (Å²) in [5, 5.41) is 4.95. The first-order valence-electron chi connectivity index (χ1n) is 10.1. The number of carbonyl (C=O) groups excluding carboxylic acids is 4. The van der Waals surface area contributed by atoms with Gasteiger partial charge in [-0.1, -0.05) is 12.1 Å². The van der Waals surface area contributed by atoms with E-state index in [0.29, 0.717) is 36.0 Å². The predicted molar refractivity (Wildman–Crippen MR) is 117 cm³/mol. The van der Waals surface area contributed by atoms with Crippen molar-refractivity contribution in [2.45, 2.75) is 20.8 Å². The molecule has 0 heterocycles. The van der Waals surface area contributed by atoms with Gasteiger partial charge in [0, 0.05) is 11.1 Å². The van der Waals surface area contributed by atoms with Crippen LogP contribution in [0.3, 0.4) is 0 Å². The van der Waals surface area contributed by atoms with E-state index in [1.54, 1.807) is 36.4 Å².